The largest absolute Gasteiger partial charge is 0.336 e. The SMILES string of the molecule is Cc1nc(-c2ccccc2Br)cc([C@H]2CN3CC[C@@H]2C[C@@H]3CNC(=O)Nc2ccccc2)n1. The summed E-state index contributed by atoms with van der Waals surface area (Å²) in [5.74, 6) is 1.78. The number of anilines is 1. The Balaban J connectivity index is 1.25. The van der Waals surface area contributed by atoms with Crippen molar-refractivity contribution in [1.82, 2.24) is 20.2 Å². The summed E-state index contributed by atoms with van der Waals surface area (Å²) in [4.78, 5) is 24.4. The fourth-order valence-electron chi connectivity index (χ4n) is 5.18. The first kappa shape index (κ1) is 22.0. The third-order valence-electron chi connectivity index (χ3n) is 6.80. The summed E-state index contributed by atoms with van der Waals surface area (Å²) < 4.78 is 1.04. The molecule has 6 nitrogen and oxygen atoms in total. The van der Waals surface area contributed by atoms with Crippen molar-refractivity contribution in [2.24, 2.45) is 5.92 Å². The zero-order chi connectivity index (χ0) is 22.8. The molecule has 3 saturated heterocycles. The molecule has 1 aromatic heterocycles. The van der Waals surface area contributed by atoms with E-state index >= 15 is 0 Å². The summed E-state index contributed by atoms with van der Waals surface area (Å²) in [5.41, 5.74) is 4.01. The lowest BCUT2D eigenvalue weighted by Crippen LogP contribution is -2.56. The number of rotatable bonds is 5. The Labute approximate surface area is 203 Å². The minimum absolute atomic E-state index is 0.148. The fraction of sp³-hybridized carbons (Fsp3) is 0.346. The molecule has 0 saturated carbocycles. The van der Waals surface area contributed by atoms with Crippen molar-refractivity contribution in [3.05, 3.63) is 76.7 Å². The number of aryl methyl sites for hydroxylation is 1. The molecular weight excluding hydrogens is 478 g/mol. The minimum Gasteiger partial charge on any atom is -0.336 e. The monoisotopic (exact) mass is 505 g/mol. The minimum atomic E-state index is -0.148. The van der Waals surface area contributed by atoms with E-state index in [1.165, 1.54) is 6.42 Å². The number of hydrogen-bond acceptors (Lipinski definition) is 4. The van der Waals surface area contributed by atoms with Gasteiger partial charge in [-0.25, -0.2) is 14.8 Å². The van der Waals surface area contributed by atoms with Crippen LogP contribution in [0, 0.1) is 12.8 Å². The van der Waals surface area contributed by atoms with Crippen molar-refractivity contribution in [3.63, 3.8) is 0 Å². The zero-order valence-electron chi connectivity index (χ0n) is 18.7. The highest BCUT2D eigenvalue weighted by Gasteiger charge is 2.41. The molecule has 3 fully saturated rings. The van der Waals surface area contributed by atoms with Crippen LogP contribution in [-0.4, -0.2) is 46.6 Å². The number of aromatic nitrogens is 2. The predicted octanol–water partition coefficient (Wildman–Crippen LogP) is 5.21. The molecule has 7 heteroatoms. The third kappa shape index (κ3) is 4.94. The standard InChI is InChI=1S/C26H28BrN5O/c1-17-29-24(21-9-5-6-10-23(21)27)14-25(30-17)22-16-32-12-11-18(22)13-20(32)15-28-26(33)31-19-7-3-2-4-8-19/h2-10,14,18,20,22H,11-13,15-16H2,1H3,(H2,28,31,33)/t18-,20-,22+/m1/s1. The third-order valence-corrected chi connectivity index (χ3v) is 7.49. The Morgan fingerprint density at radius 1 is 1.12 bits per heavy atom. The number of halogens is 1. The molecule has 1 unspecified atom stereocenters. The summed E-state index contributed by atoms with van der Waals surface area (Å²) in [5, 5.41) is 5.97. The first-order valence-electron chi connectivity index (χ1n) is 11.5. The smallest absolute Gasteiger partial charge is 0.319 e. The van der Waals surface area contributed by atoms with E-state index in [1.807, 2.05) is 55.5 Å². The number of piperidine rings is 3. The number of fused-ring (bicyclic) bond motifs is 3. The highest BCUT2D eigenvalue weighted by Crippen LogP contribution is 2.42. The van der Waals surface area contributed by atoms with Crippen LogP contribution in [0.25, 0.3) is 11.3 Å². The Bertz CT molecular complexity index is 1140. The van der Waals surface area contributed by atoms with Gasteiger partial charge in [0.1, 0.15) is 5.82 Å². The summed E-state index contributed by atoms with van der Waals surface area (Å²) >= 11 is 3.66. The van der Waals surface area contributed by atoms with E-state index in [9.17, 15) is 4.79 Å². The van der Waals surface area contributed by atoms with Gasteiger partial charge in [0, 0.05) is 46.5 Å². The van der Waals surface area contributed by atoms with Crippen LogP contribution in [0.4, 0.5) is 10.5 Å². The number of benzene rings is 2. The second-order valence-corrected chi connectivity index (χ2v) is 9.80. The van der Waals surface area contributed by atoms with E-state index in [-0.39, 0.29) is 6.03 Å². The van der Waals surface area contributed by atoms with E-state index in [1.54, 1.807) is 0 Å². The predicted molar refractivity (Wildman–Crippen MR) is 134 cm³/mol. The van der Waals surface area contributed by atoms with Gasteiger partial charge in [0.25, 0.3) is 0 Å². The average Bonchev–Trinajstić information content (AvgIpc) is 2.83. The lowest BCUT2D eigenvalue weighted by Gasteiger charge is -2.49. The number of nitrogens with one attached hydrogen (secondary N) is 2. The molecule has 170 valence electrons. The molecule has 33 heavy (non-hydrogen) atoms. The van der Waals surface area contributed by atoms with Crippen molar-refractivity contribution in [3.8, 4) is 11.3 Å². The maximum atomic E-state index is 12.3. The van der Waals surface area contributed by atoms with Gasteiger partial charge in [-0.05, 0) is 56.5 Å². The molecular formula is C26H28BrN5O. The molecule has 6 rings (SSSR count). The van der Waals surface area contributed by atoms with Crippen molar-refractivity contribution >= 4 is 27.6 Å². The fourth-order valence-corrected chi connectivity index (χ4v) is 5.67. The van der Waals surface area contributed by atoms with Crippen LogP contribution in [0.1, 0.15) is 30.3 Å². The van der Waals surface area contributed by atoms with E-state index < -0.39 is 0 Å². The normalized spacial score (nSPS) is 23.8. The van der Waals surface area contributed by atoms with Gasteiger partial charge in [0.05, 0.1) is 5.69 Å². The van der Waals surface area contributed by atoms with Crippen LogP contribution in [0.15, 0.2) is 65.1 Å². The van der Waals surface area contributed by atoms with Gasteiger partial charge in [-0.2, -0.15) is 0 Å². The Kier molecular flexibility index (Phi) is 6.42. The number of nitrogens with zero attached hydrogens (tertiary/aromatic N) is 3. The van der Waals surface area contributed by atoms with Crippen molar-refractivity contribution in [2.75, 3.05) is 25.0 Å². The maximum Gasteiger partial charge on any atom is 0.319 e. The topological polar surface area (TPSA) is 70.2 Å². The molecule has 4 atom stereocenters. The zero-order valence-corrected chi connectivity index (χ0v) is 20.3. The van der Waals surface area contributed by atoms with Crippen LogP contribution in [0.5, 0.6) is 0 Å². The van der Waals surface area contributed by atoms with Gasteiger partial charge in [-0.15, -0.1) is 0 Å². The van der Waals surface area contributed by atoms with E-state index in [0.717, 1.165) is 52.4 Å². The van der Waals surface area contributed by atoms with Gasteiger partial charge >= 0.3 is 6.03 Å². The van der Waals surface area contributed by atoms with Crippen LogP contribution < -0.4 is 10.6 Å². The van der Waals surface area contributed by atoms with Crippen molar-refractivity contribution in [2.45, 2.75) is 31.7 Å². The lowest BCUT2D eigenvalue weighted by molar-refractivity contribution is 0.0307. The molecule has 3 aliphatic rings. The van der Waals surface area contributed by atoms with Crippen LogP contribution >= 0.6 is 15.9 Å². The lowest BCUT2D eigenvalue weighted by atomic mass is 9.74. The number of carbonyl (C=O) groups is 1. The maximum absolute atomic E-state index is 12.3. The summed E-state index contributed by atoms with van der Waals surface area (Å²) in [7, 11) is 0. The average molecular weight is 506 g/mol. The van der Waals surface area contributed by atoms with Gasteiger partial charge < -0.3 is 10.6 Å². The second kappa shape index (κ2) is 9.61. The van der Waals surface area contributed by atoms with Crippen LogP contribution in [-0.2, 0) is 0 Å². The summed E-state index contributed by atoms with van der Waals surface area (Å²) in [6.07, 6.45) is 2.24. The van der Waals surface area contributed by atoms with Crippen molar-refractivity contribution in [1.29, 1.82) is 0 Å². The first-order chi connectivity index (χ1) is 16.1. The second-order valence-electron chi connectivity index (χ2n) is 8.95. The van der Waals surface area contributed by atoms with Gasteiger partial charge in [-0.1, -0.05) is 52.3 Å². The molecule has 2 amide bonds. The number of carbonyl (C=O) groups excluding carboxylic acids is 1. The molecule has 4 heterocycles. The molecule has 0 radical (unpaired) electrons. The van der Waals surface area contributed by atoms with Crippen LogP contribution in [0.3, 0.4) is 0 Å². The van der Waals surface area contributed by atoms with E-state index in [2.05, 4.69) is 43.6 Å². The van der Waals surface area contributed by atoms with E-state index in [0.29, 0.717) is 24.4 Å². The Hall–Kier alpha value is -2.77. The van der Waals surface area contributed by atoms with Crippen molar-refractivity contribution < 1.29 is 4.79 Å². The van der Waals surface area contributed by atoms with Gasteiger partial charge in [0.2, 0.25) is 0 Å². The number of para-hydroxylation sites is 1. The highest BCUT2D eigenvalue weighted by atomic mass is 79.9. The molecule has 2 bridgehead atoms. The molecule has 3 aromatic rings. The molecule has 0 spiro atoms. The van der Waals surface area contributed by atoms with Crippen LogP contribution in [0.2, 0.25) is 0 Å². The first-order valence-corrected chi connectivity index (χ1v) is 12.3. The van der Waals surface area contributed by atoms with Gasteiger partial charge in [0.15, 0.2) is 0 Å². The van der Waals surface area contributed by atoms with E-state index in [4.69, 9.17) is 9.97 Å². The number of hydrogen-bond donors (Lipinski definition) is 2. The molecule has 0 aliphatic carbocycles. The number of urea groups is 1. The Morgan fingerprint density at radius 3 is 2.67 bits per heavy atom. The van der Waals surface area contributed by atoms with Gasteiger partial charge in [-0.3, -0.25) is 4.90 Å². The molecule has 2 aromatic carbocycles. The number of amides is 2. The highest BCUT2D eigenvalue weighted by molar-refractivity contribution is 9.10. The summed E-state index contributed by atoms with van der Waals surface area (Å²) in [6, 6.07) is 20.1. The molecule has 3 aliphatic heterocycles. The quantitative estimate of drug-likeness (QED) is 0.498. The Morgan fingerprint density at radius 2 is 1.91 bits per heavy atom. The molecule has 2 N–H and O–H groups in total. The summed E-state index contributed by atoms with van der Waals surface area (Å²) in [6.45, 7) is 4.69.